The van der Waals surface area contributed by atoms with Crippen LogP contribution in [0.4, 0.5) is 5.82 Å². The third kappa shape index (κ3) is 2.00. The van der Waals surface area contributed by atoms with Crippen LogP contribution in [-0.4, -0.2) is 45.9 Å². The standard InChI is InChI=1S/C11H18N4O2/c1-11(2)7-17-5-4-15(11)10(16)8-6-13-14(3)9(8)12/h6H,4-5,7,12H2,1-3H3. The first kappa shape index (κ1) is 11.9. The molecule has 0 aliphatic carbocycles. The third-order valence-corrected chi connectivity index (χ3v) is 3.11. The van der Waals surface area contributed by atoms with Gasteiger partial charge in [-0.05, 0) is 13.8 Å². The van der Waals surface area contributed by atoms with Gasteiger partial charge in [0, 0.05) is 13.6 Å². The number of nitrogens with zero attached hydrogens (tertiary/aromatic N) is 3. The van der Waals surface area contributed by atoms with Crippen molar-refractivity contribution in [2.45, 2.75) is 19.4 Å². The summed E-state index contributed by atoms with van der Waals surface area (Å²) in [7, 11) is 1.72. The predicted octanol–water partition coefficient (Wildman–Crippen LogP) is 0.253. The van der Waals surface area contributed by atoms with E-state index in [1.807, 2.05) is 13.8 Å². The van der Waals surface area contributed by atoms with Crippen LogP contribution in [0.2, 0.25) is 0 Å². The fourth-order valence-electron chi connectivity index (χ4n) is 1.99. The topological polar surface area (TPSA) is 73.4 Å². The van der Waals surface area contributed by atoms with Crippen molar-refractivity contribution in [3.8, 4) is 0 Å². The van der Waals surface area contributed by atoms with E-state index in [0.717, 1.165) is 0 Å². The number of hydrogen-bond donors (Lipinski definition) is 1. The number of carbonyl (C=O) groups is 1. The van der Waals surface area contributed by atoms with Crippen molar-refractivity contribution in [2.24, 2.45) is 7.05 Å². The van der Waals surface area contributed by atoms with Crippen molar-refractivity contribution in [2.75, 3.05) is 25.5 Å². The van der Waals surface area contributed by atoms with Gasteiger partial charge >= 0.3 is 0 Å². The number of amides is 1. The Kier molecular flexibility index (Phi) is 2.82. The highest BCUT2D eigenvalue weighted by molar-refractivity contribution is 5.98. The second-order valence-corrected chi connectivity index (χ2v) is 4.89. The number of nitrogens with two attached hydrogens (primary N) is 1. The first-order valence-electron chi connectivity index (χ1n) is 5.60. The molecule has 0 spiro atoms. The fourth-order valence-corrected chi connectivity index (χ4v) is 1.99. The number of carbonyl (C=O) groups excluding carboxylic acids is 1. The largest absolute Gasteiger partial charge is 0.383 e. The molecule has 17 heavy (non-hydrogen) atoms. The summed E-state index contributed by atoms with van der Waals surface area (Å²) in [5.74, 6) is 0.321. The summed E-state index contributed by atoms with van der Waals surface area (Å²) in [5, 5.41) is 3.99. The van der Waals surface area contributed by atoms with E-state index in [2.05, 4.69) is 5.10 Å². The van der Waals surface area contributed by atoms with Gasteiger partial charge in [0.2, 0.25) is 0 Å². The molecule has 1 aromatic heterocycles. The average molecular weight is 238 g/mol. The zero-order chi connectivity index (χ0) is 12.6. The van der Waals surface area contributed by atoms with Crippen LogP contribution in [0.3, 0.4) is 0 Å². The highest BCUT2D eigenvalue weighted by Crippen LogP contribution is 2.23. The van der Waals surface area contributed by atoms with Gasteiger partial charge < -0.3 is 15.4 Å². The summed E-state index contributed by atoms with van der Waals surface area (Å²) in [6.45, 7) is 5.65. The predicted molar refractivity (Wildman–Crippen MR) is 63.6 cm³/mol. The molecule has 6 nitrogen and oxygen atoms in total. The van der Waals surface area contributed by atoms with Gasteiger partial charge in [0.05, 0.1) is 24.9 Å². The number of rotatable bonds is 1. The molecular formula is C11H18N4O2. The molecule has 0 aromatic carbocycles. The number of morpholine rings is 1. The Bertz CT molecular complexity index is 439. The molecule has 0 bridgehead atoms. The molecule has 94 valence electrons. The summed E-state index contributed by atoms with van der Waals surface area (Å²) in [6, 6.07) is 0. The van der Waals surface area contributed by atoms with E-state index in [1.165, 1.54) is 10.9 Å². The van der Waals surface area contributed by atoms with Gasteiger partial charge in [-0.25, -0.2) is 0 Å². The minimum absolute atomic E-state index is 0.0797. The molecule has 1 saturated heterocycles. The Morgan fingerprint density at radius 2 is 2.29 bits per heavy atom. The second-order valence-electron chi connectivity index (χ2n) is 4.89. The van der Waals surface area contributed by atoms with Gasteiger partial charge in [-0.3, -0.25) is 9.48 Å². The van der Waals surface area contributed by atoms with Crippen molar-refractivity contribution in [1.82, 2.24) is 14.7 Å². The number of aromatic nitrogens is 2. The van der Waals surface area contributed by atoms with Gasteiger partial charge in [-0.1, -0.05) is 0 Å². The maximum Gasteiger partial charge on any atom is 0.259 e. The van der Waals surface area contributed by atoms with Gasteiger partial charge in [0.1, 0.15) is 11.4 Å². The summed E-state index contributed by atoms with van der Waals surface area (Å²) >= 11 is 0. The molecule has 0 radical (unpaired) electrons. The zero-order valence-electron chi connectivity index (χ0n) is 10.4. The number of hydrogen-bond acceptors (Lipinski definition) is 4. The first-order valence-corrected chi connectivity index (χ1v) is 5.60. The Balaban J connectivity index is 2.28. The third-order valence-electron chi connectivity index (χ3n) is 3.11. The minimum atomic E-state index is -0.308. The molecular weight excluding hydrogens is 220 g/mol. The fraction of sp³-hybridized carbons (Fsp3) is 0.636. The molecule has 1 fully saturated rings. The van der Waals surface area contributed by atoms with Crippen LogP contribution in [-0.2, 0) is 11.8 Å². The molecule has 2 heterocycles. The van der Waals surface area contributed by atoms with Crippen molar-refractivity contribution >= 4 is 11.7 Å². The summed E-state index contributed by atoms with van der Waals surface area (Å²) in [6.07, 6.45) is 1.52. The highest BCUT2D eigenvalue weighted by Gasteiger charge is 2.35. The molecule has 1 amide bonds. The van der Waals surface area contributed by atoms with Crippen molar-refractivity contribution in [3.63, 3.8) is 0 Å². The lowest BCUT2D eigenvalue weighted by atomic mass is 10.0. The van der Waals surface area contributed by atoms with Crippen molar-refractivity contribution in [1.29, 1.82) is 0 Å². The van der Waals surface area contributed by atoms with Crippen molar-refractivity contribution in [3.05, 3.63) is 11.8 Å². The average Bonchev–Trinajstić information content (AvgIpc) is 2.58. The molecule has 1 aliphatic rings. The van der Waals surface area contributed by atoms with Crippen LogP contribution in [0.1, 0.15) is 24.2 Å². The Morgan fingerprint density at radius 1 is 1.59 bits per heavy atom. The second kappa shape index (κ2) is 4.03. The summed E-state index contributed by atoms with van der Waals surface area (Å²) < 4.78 is 6.89. The van der Waals surface area contributed by atoms with E-state index in [-0.39, 0.29) is 11.4 Å². The molecule has 1 aromatic rings. The van der Waals surface area contributed by atoms with Gasteiger partial charge in [0.25, 0.3) is 5.91 Å². The smallest absolute Gasteiger partial charge is 0.259 e. The lowest BCUT2D eigenvalue weighted by Gasteiger charge is -2.42. The number of aryl methyl sites for hydroxylation is 1. The van der Waals surface area contributed by atoms with Gasteiger partial charge in [0.15, 0.2) is 0 Å². The van der Waals surface area contributed by atoms with E-state index in [1.54, 1.807) is 11.9 Å². The van der Waals surface area contributed by atoms with Gasteiger partial charge in [-0.15, -0.1) is 0 Å². The van der Waals surface area contributed by atoms with Crippen LogP contribution in [0, 0.1) is 0 Å². The van der Waals surface area contributed by atoms with E-state index in [4.69, 9.17) is 10.5 Å². The Morgan fingerprint density at radius 3 is 2.82 bits per heavy atom. The quantitative estimate of drug-likeness (QED) is 0.761. The molecule has 1 aliphatic heterocycles. The SMILES string of the molecule is Cn1ncc(C(=O)N2CCOCC2(C)C)c1N. The van der Waals surface area contributed by atoms with E-state index < -0.39 is 0 Å². The zero-order valence-corrected chi connectivity index (χ0v) is 10.4. The van der Waals surface area contributed by atoms with Crippen LogP contribution in [0.5, 0.6) is 0 Å². The highest BCUT2D eigenvalue weighted by atomic mass is 16.5. The van der Waals surface area contributed by atoms with Crippen LogP contribution in [0.15, 0.2) is 6.20 Å². The van der Waals surface area contributed by atoms with Gasteiger partial charge in [-0.2, -0.15) is 5.10 Å². The monoisotopic (exact) mass is 238 g/mol. The first-order chi connectivity index (χ1) is 7.93. The van der Waals surface area contributed by atoms with Crippen LogP contribution >= 0.6 is 0 Å². The van der Waals surface area contributed by atoms with Crippen LogP contribution < -0.4 is 5.73 Å². The minimum Gasteiger partial charge on any atom is -0.383 e. The maximum atomic E-state index is 12.4. The summed E-state index contributed by atoms with van der Waals surface area (Å²) in [4.78, 5) is 14.2. The molecule has 0 saturated carbocycles. The normalized spacial score (nSPS) is 19.4. The number of ether oxygens (including phenoxy) is 1. The molecule has 0 atom stereocenters. The lowest BCUT2D eigenvalue weighted by molar-refractivity contribution is -0.0370. The van der Waals surface area contributed by atoms with E-state index in [9.17, 15) is 4.79 Å². The van der Waals surface area contributed by atoms with E-state index >= 15 is 0 Å². The lowest BCUT2D eigenvalue weighted by Crippen LogP contribution is -2.55. The Labute approximate surface area is 100 Å². The maximum absolute atomic E-state index is 12.4. The number of anilines is 1. The molecule has 0 unspecified atom stereocenters. The molecule has 2 N–H and O–H groups in total. The Hall–Kier alpha value is -1.56. The molecule has 2 rings (SSSR count). The summed E-state index contributed by atoms with van der Waals surface area (Å²) in [5.41, 5.74) is 5.97. The van der Waals surface area contributed by atoms with E-state index in [0.29, 0.717) is 31.1 Å². The number of nitrogen functional groups attached to an aromatic ring is 1. The van der Waals surface area contributed by atoms with Crippen molar-refractivity contribution < 1.29 is 9.53 Å². The van der Waals surface area contributed by atoms with Crippen LogP contribution in [0.25, 0.3) is 0 Å². The molecule has 6 heteroatoms.